The number of hydrogen-bond donors (Lipinski definition) is 1. The molecule has 1 N–H and O–H groups in total. The molecule has 3 atom stereocenters. The number of carbonyl (C=O) groups is 2. The average molecular weight is 471 g/mol. The highest BCUT2D eigenvalue weighted by molar-refractivity contribution is 6.30. The van der Waals surface area contributed by atoms with Crippen molar-refractivity contribution in [3.63, 3.8) is 0 Å². The fourth-order valence-corrected chi connectivity index (χ4v) is 5.31. The second-order valence-electron chi connectivity index (χ2n) is 9.05. The Morgan fingerprint density at radius 3 is 2.85 bits per heavy atom. The third-order valence-electron chi connectivity index (χ3n) is 6.83. The number of piperidine rings is 1. The lowest BCUT2D eigenvalue weighted by molar-refractivity contribution is -0.144. The quantitative estimate of drug-likeness (QED) is 0.638. The number of benzene rings is 1. The van der Waals surface area contributed by atoms with Gasteiger partial charge in [0.15, 0.2) is 0 Å². The highest BCUT2D eigenvalue weighted by atomic mass is 35.5. The topological polar surface area (TPSA) is 78.2 Å². The number of aromatic nitrogens is 2. The number of amides is 2. The van der Waals surface area contributed by atoms with E-state index in [1.807, 2.05) is 6.20 Å². The molecule has 0 saturated carbocycles. The summed E-state index contributed by atoms with van der Waals surface area (Å²) >= 11 is 6.12. The molecule has 2 amide bonds. The minimum atomic E-state index is -1.44. The molecule has 1 aromatic carbocycles. The molecule has 2 fully saturated rings. The van der Waals surface area contributed by atoms with Gasteiger partial charge in [-0.15, -0.1) is 0 Å². The molecule has 0 unspecified atom stereocenters. The average Bonchev–Trinajstić information content (AvgIpc) is 3.36. The van der Waals surface area contributed by atoms with Gasteiger partial charge in [0.1, 0.15) is 11.4 Å². The van der Waals surface area contributed by atoms with Crippen molar-refractivity contribution in [2.24, 2.45) is 0 Å². The Balaban J connectivity index is 1.49. The van der Waals surface area contributed by atoms with Crippen molar-refractivity contribution in [1.29, 1.82) is 0 Å². The largest absolute Gasteiger partial charge is 0.380 e. The zero-order valence-corrected chi connectivity index (χ0v) is 18.9. The maximum atomic E-state index is 14.2. The van der Waals surface area contributed by atoms with E-state index in [1.54, 1.807) is 44.9 Å². The highest BCUT2D eigenvalue weighted by Crippen LogP contribution is 2.37. The Kier molecular flexibility index (Phi) is 5.37. The number of halogens is 2. The summed E-state index contributed by atoms with van der Waals surface area (Å²) in [6.45, 7) is 2.60. The van der Waals surface area contributed by atoms with E-state index in [2.05, 4.69) is 4.98 Å². The van der Waals surface area contributed by atoms with Gasteiger partial charge in [-0.05, 0) is 49.2 Å². The molecule has 2 aliphatic rings. The SMILES string of the molecule is C[C@@]1(O)CCN([C@@H]2CN(C(=O)c3cccn4cncc34)CC[C@H]2c2cc(F)cc(Cl)c2)C1=O. The van der Waals surface area contributed by atoms with Gasteiger partial charge in [-0.1, -0.05) is 11.6 Å². The molecular formula is C24H24ClFN4O3. The summed E-state index contributed by atoms with van der Waals surface area (Å²) in [5.74, 6) is -1.18. The van der Waals surface area contributed by atoms with Crippen LogP contribution in [0.3, 0.4) is 0 Å². The van der Waals surface area contributed by atoms with Crippen LogP contribution in [0.15, 0.2) is 49.1 Å². The van der Waals surface area contributed by atoms with Crippen molar-refractivity contribution in [3.05, 3.63) is 71.0 Å². The zero-order chi connectivity index (χ0) is 23.3. The number of hydrogen-bond acceptors (Lipinski definition) is 4. The van der Waals surface area contributed by atoms with Crippen molar-refractivity contribution in [3.8, 4) is 0 Å². The number of fused-ring (bicyclic) bond motifs is 1. The number of rotatable bonds is 3. The van der Waals surface area contributed by atoms with Gasteiger partial charge in [-0.2, -0.15) is 0 Å². The molecule has 2 aromatic heterocycles. The number of imidazole rings is 1. The van der Waals surface area contributed by atoms with Crippen molar-refractivity contribution < 1.29 is 19.1 Å². The maximum absolute atomic E-state index is 14.2. The molecule has 5 rings (SSSR count). The van der Waals surface area contributed by atoms with Crippen LogP contribution in [-0.2, 0) is 4.79 Å². The Morgan fingerprint density at radius 1 is 1.30 bits per heavy atom. The monoisotopic (exact) mass is 470 g/mol. The Labute approximate surface area is 195 Å². The van der Waals surface area contributed by atoms with Gasteiger partial charge < -0.3 is 19.3 Å². The molecule has 2 aliphatic heterocycles. The third kappa shape index (κ3) is 3.87. The van der Waals surface area contributed by atoms with Crippen LogP contribution in [0.2, 0.25) is 5.02 Å². The van der Waals surface area contributed by atoms with Gasteiger partial charge >= 0.3 is 0 Å². The fourth-order valence-electron chi connectivity index (χ4n) is 5.08. The van der Waals surface area contributed by atoms with Gasteiger partial charge in [-0.25, -0.2) is 9.37 Å². The summed E-state index contributed by atoms with van der Waals surface area (Å²) in [5.41, 5.74) is 0.480. The molecule has 3 aromatic rings. The molecule has 0 bridgehead atoms. The second kappa shape index (κ2) is 8.11. The van der Waals surface area contributed by atoms with Crippen LogP contribution < -0.4 is 0 Å². The minimum absolute atomic E-state index is 0.153. The molecule has 4 heterocycles. The van der Waals surface area contributed by atoms with Crippen LogP contribution in [-0.4, -0.2) is 67.4 Å². The first-order chi connectivity index (χ1) is 15.7. The van der Waals surface area contributed by atoms with Gasteiger partial charge in [-0.3, -0.25) is 9.59 Å². The van der Waals surface area contributed by atoms with Crippen LogP contribution in [0.4, 0.5) is 4.39 Å². The van der Waals surface area contributed by atoms with Gasteiger partial charge in [0, 0.05) is 43.2 Å². The van der Waals surface area contributed by atoms with Crippen molar-refractivity contribution >= 4 is 28.9 Å². The molecule has 33 heavy (non-hydrogen) atoms. The molecule has 2 saturated heterocycles. The highest BCUT2D eigenvalue weighted by Gasteiger charge is 2.47. The van der Waals surface area contributed by atoms with E-state index in [9.17, 15) is 19.1 Å². The van der Waals surface area contributed by atoms with E-state index >= 15 is 0 Å². The summed E-state index contributed by atoms with van der Waals surface area (Å²) in [6, 6.07) is 7.54. The van der Waals surface area contributed by atoms with E-state index in [-0.39, 0.29) is 29.3 Å². The summed E-state index contributed by atoms with van der Waals surface area (Å²) < 4.78 is 15.9. The molecular weight excluding hydrogens is 447 g/mol. The van der Waals surface area contributed by atoms with Crippen LogP contribution in [0.1, 0.15) is 41.6 Å². The van der Waals surface area contributed by atoms with Crippen molar-refractivity contribution in [1.82, 2.24) is 19.2 Å². The summed E-state index contributed by atoms with van der Waals surface area (Å²) in [5, 5.41) is 10.8. The first-order valence-corrected chi connectivity index (χ1v) is 11.3. The first-order valence-electron chi connectivity index (χ1n) is 10.9. The zero-order valence-electron chi connectivity index (χ0n) is 18.1. The fraction of sp³-hybridized carbons (Fsp3) is 0.375. The Morgan fingerprint density at radius 2 is 2.12 bits per heavy atom. The molecule has 0 spiro atoms. The number of carbonyl (C=O) groups excluding carboxylic acids is 2. The number of nitrogens with zero attached hydrogens (tertiary/aromatic N) is 4. The van der Waals surface area contributed by atoms with E-state index < -0.39 is 17.5 Å². The number of aliphatic hydroxyl groups is 1. The lowest BCUT2D eigenvalue weighted by Crippen LogP contribution is -2.55. The van der Waals surface area contributed by atoms with Gasteiger partial charge in [0.05, 0.1) is 29.6 Å². The number of pyridine rings is 1. The first kappa shape index (κ1) is 21.9. The minimum Gasteiger partial charge on any atom is -0.380 e. The lowest BCUT2D eigenvalue weighted by atomic mass is 9.84. The van der Waals surface area contributed by atoms with Crippen molar-refractivity contribution in [2.45, 2.75) is 37.3 Å². The van der Waals surface area contributed by atoms with E-state index in [1.165, 1.54) is 19.1 Å². The molecule has 0 radical (unpaired) electrons. The third-order valence-corrected chi connectivity index (χ3v) is 7.04. The normalized spacial score (nSPS) is 25.8. The number of likely N-dealkylation sites (tertiary alicyclic amines) is 2. The standard InChI is InChI=1S/C24H24ClFN4O3/c1-24(33)5-8-30(23(24)32)21-13-28(7-4-18(21)15-9-16(25)11-17(26)10-15)22(31)19-3-2-6-29-14-27-12-20(19)29/h2-3,6,9-12,14,18,21,33H,4-5,7-8,13H2,1H3/t18-,21+,24+/m0/s1. The van der Waals surface area contributed by atoms with Crippen LogP contribution in [0.25, 0.3) is 5.52 Å². The predicted octanol–water partition coefficient (Wildman–Crippen LogP) is 3.11. The van der Waals surface area contributed by atoms with Crippen LogP contribution in [0, 0.1) is 5.82 Å². The van der Waals surface area contributed by atoms with Gasteiger partial charge in [0.2, 0.25) is 0 Å². The van der Waals surface area contributed by atoms with E-state index in [4.69, 9.17) is 11.6 Å². The molecule has 9 heteroatoms. The van der Waals surface area contributed by atoms with E-state index in [0.29, 0.717) is 42.6 Å². The van der Waals surface area contributed by atoms with Crippen LogP contribution in [0.5, 0.6) is 0 Å². The van der Waals surface area contributed by atoms with Crippen molar-refractivity contribution in [2.75, 3.05) is 19.6 Å². The van der Waals surface area contributed by atoms with Crippen LogP contribution >= 0.6 is 11.6 Å². The molecule has 0 aliphatic carbocycles. The summed E-state index contributed by atoms with van der Waals surface area (Å²) in [7, 11) is 0. The Hall–Kier alpha value is -2.97. The summed E-state index contributed by atoms with van der Waals surface area (Å²) in [4.78, 5) is 34.0. The lowest BCUT2D eigenvalue weighted by Gasteiger charge is -2.43. The Bertz CT molecular complexity index is 1220. The van der Waals surface area contributed by atoms with E-state index in [0.717, 1.165) is 0 Å². The predicted molar refractivity (Wildman–Crippen MR) is 121 cm³/mol. The smallest absolute Gasteiger partial charge is 0.256 e. The molecule has 172 valence electrons. The van der Waals surface area contributed by atoms with Gasteiger partial charge in [0.25, 0.3) is 11.8 Å². The second-order valence-corrected chi connectivity index (χ2v) is 9.48. The molecule has 7 nitrogen and oxygen atoms in total. The summed E-state index contributed by atoms with van der Waals surface area (Å²) in [6.07, 6.45) is 5.95. The maximum Gasteiger partial charge on any atom is 0.256 e.